The monoisotopic (exact) mass is 382 g/mol. The van der Waals surface area contributed by atoms with Gasteiger partial charge in [-0.2, -0.15) is 0 Å². The van der Waals surface area contributed by atoms with Crippen LogP contribution in [0.1, 0.15) is 32.4 Å². The minimum Gasteiger partial charge on any atom is -0.495 e. The van der Waals surface area contributed by atoms with Crippen LogP contribution in [-0.2, 0) is 14.3 Å². The van der Waals surface area contributed by atoms with E-state index in [0.29, 0.717) is 34.2 Å². The molecule has 26 heavy (non-hydrogen) atoms. The summed E-state index contributed by atoms with van der Waals surface area (Å²) in [6.07, 6.45) is 0.0551. The maximum absolute atomic E-state index is 12.6. The van der Waals surface area contributed by atoms with Crippen LogP contribution in [0.15, 0.2) is 29.5 Å². The van der Waals surface area contributed by atoms with Gasteiger partial charge in [0.05, 0.1) is 36.5 Å². The molecule has 0 unspecified atom stereocenters. The van der Waals surface area contributed by atoms with Crippen LogP contribution in [0.25, 0.3) is 0 Å². The number of hydrogen-bond donors (Lipinski definition) is 2. The summed E-state index contributed by atoms with van der Waals surface area (Å²) in [7, 11) is 1.51. The summed E-state index contributed by atoms with van der Waals surface area (Å²) < 4.78 is 15.8. The molecule has 0 radical (unpaired) electrons. The van der Waals surface area contributed by atoms with E-state index in [9.17, 15) is 9.59 Å². The summed E-state index contributed by atoms with van der Waals surface area (Å²) in [5.41, 5.74) is 1.39. The molecule has 0 bridgehead atoms. The Hall–Kier alpha value is -2.25. The molecule has 0 aliphatic carbocycles. The molecule has 1 aromatic carbocycles. The third-order valence-electron chi connectivity index (χ3n) is 3.77. The number of halogens is 1. The third-order valence-corrected chi connectivity index (χ3v) is 4.06. The Bertz CT molecular complexity index is 718. The Morgan fingerprint density at radius 3 is 2.65 bits per heavy atom. The lowest BCUT2D eigenvalue weighted by Gasteiger charge is -2.28. The number of nitrogens with one attached hydrogen (secondary N) is 2. The smallest absolute Gasteiger partial charge is 0.338 e. The molecule has 2 N–H and O–H groups in total. The molecule has 1 aromatic rings. The van der Waals surface area contributed by atoms with Crippen LogP contribution in [0.3, 0.4) is 0 Å². The maximum atomic E-state index is 12.6. The van der Waals surface area contributed by atoms with Crippen molar-refractivity contribution < 1.29 is 23.8 Å². The Balaban J connectivity index is 2.22. The largest absolute Gasteiger partial charge is 0.495 e. The zero-order valence-electron chi connectivity index (χ0n) is 15.2. The second kappa shape index (κ2) is 8.91. The zero-order valence-corrected chi connectivity index (χ0v) is 16.0. The standard InChI is InChI=1S/C18H23ClN2O5/c1-10(2)25-7-8-26-17(22)15-11(3)20-18(23)21-16(15)12-5-6-14(24-4)13(19)9-12/h5-6,9-10,16H,7-8H2,1-4H3,(H2,20,21,23)/t16-/m0/s1. The maximum Gasteiger partial charge on any atom is 0.338 e. The van der Waals surface area contributed by atoms with E-state index in [1.165, 1.54) is 7.11 Å². The van der Waals surface area contributed by atoms with Gasteiger partial charge in [-0.1, -0.05) is 17.7 Å². The van der Waals surface area contributed by atoms with Crippen molar-refractivity contribution in [2.24, 2.45) is 0 Å². The van der Waals surface area contributed by atoms with Crippen molar-refractivity contribution >= 4 is 23.6 Å². The fourth-order valence-corrected chi connectivity index (χ4v) is 2.84. The van der Waals surface area contributed by atoms with E-state index in [4.69, 9.17) is 25.8 Å². The molecular formula is C18H23ClN2O5. The molecule has 2 rings (SSSR count). The van der Waals surface area contributed by atoms with Gasteiger partial charge in [-0.15, -0.1) is 0 Å². The molecule has 2 amide bonds. The number of amides is 2. The molecule has 8 heteroatoms. The lowest BCUT2D eigenvalue weighted by atomic mass is 9.95. The number of esters is 1. The molecule has 0 saturated carbocycles. The molecule has 0 aromatic heterocycles. The summed E-state index contributed by atoms with van der Waals surface area (Å²) in [5, 5.41) is 5.71. The van der Waals surface area contributed by atoms with Crippen molar-refractivity contribution in [3.05, 3.63) is 40.1 Å². The Morgan fingerprint density at radius 2 is 2.04 bits per heavy atom. The SMILES string of the molecule is COc1ccc([C@@H]2NC(=O)NC(C)=C2C(=O)OCCOC(C)C)cc1Cl. The second-order valence-electron chi connectivity index (χ2n) is 6.02. The lowest BCUT2D eigenvalue weighted by molar-refractivity contribution is -0.141. The van der Waals surface area contributed by atoms with Gasteiger partial charge in [0, 0.05) is 5.70 Å². The highest BCUT2D eigenvalue weighted by molar-refractivity contribution is 6.32. The van der Waals surface area contributed by atoms with E-state index in [0.717, 1.165) is 0 Å². The Kier molecular flexibility index (Phi) is 6.88. The van der Waals surface area contributed by atoms with Gasteiger partial charge < -0.3 is 24.8 Å². The van der Waals surface area contributed by atoms with Crippen molar-refractivity contribution in [2.75, 3.05) is 20.3 Å². The number of carbonyl (C=O) groups is 2. The fraction of sp³-hybridized carbons (Fsp3) is 0.444. The number of benzene rings is 1. The van der Waals surface area contributed by atoms with Crippen LogP contribution in [0.5, 0.6) is 5.75 Å². The first-order chi connectivity index (χ1) is 12.3. The number of methoxy groups -OCH3 is 1. The van der Waals surface area contributed by atoms with Gasteiger partial charge in [-0.05, 0) is 38.5 Å². The average Bonchev–Trinajstić information content (AvgIpc) is 2.57. The van der Waals surface area contributed by atoms with E-state index < -0.39 is 18.0 Å². The number of allylic oxidation sites excluding steroid dienone is 1. The molecule has 0 fully saturated rings. The highest BCUT2D eigenvalue weighted by Crippen LogP contribution is 2.32. The predicted octanol–water partition coefficient (Wildman–Crippen LogP) is 2.94. The fourth-order valence-electron chi connectivity index (χ4n) is 2.57. The van der Waals surface area contributed by atoms with Gasteiger partial charge >= 0.3 is 12.0 Å². The average molecular weight is 383 g/mol. The molecule has 1 atom stereocenters. The van der Waals surface area contributed by atoms with Gasteiger partial charge in [0.25, 0.3) is 0 Å². The summed E-state index contributed by atoms with van der Waals surface area (Å²) in [4.78, 5) is 24.4. The van der Waals surface area contributed by atoms with Gasteiger partial charge in [0.2, 0.25) is 0 Å². The summed E-state index contributed by atoms with van der Waals surface area (Å²) in [6, 6.07) is 3.99. The van der Waals surface area contributed by atoms with Gasteiger partial charge in [0.1, 0.15) is 12.4 Å². The first kappa shape index (κ1) is 20.1. The second-order valence-corrected chi connectivity index (χ2v) is 6.43. The topological polar surface area (TPSA) is 85.9 Å². The normalized spacial score (nSPS) is 17.0. The van der Waals surface area contributed by atoms with Crippen LogP contribution in [0, 0.1) is 0 Å². The van der Waals surface area contributed by atoms with Crippen molar-refractivity contribution in [1.29, 1.82) is 0 Å². The summed E-state index contributed by atoms with van der Waals surface area (Å²) in [6.45, 7) is 5.88. The van der Waals surface area contributed by atoms with Crippen molar-refractivity contribution in [2.45, 2.75) is 32.9 Å². The molecule has 1 aliphatic heterocycles. The highest BCUT2D eigenvalue weighted by atomic mass is 35.5. The van der Waals surface area contributed by atoms with Gasteiger partial charge in [-0.25, -0.2) is 9.59 Å². The minimum absolute atomic E-state index is 0.0551. The first-order valence-electron chi connectivity index (χ1n) is 8.24. The number of carbonyl (C=O) groups excluding carboxylic acids is 2. The van der Waals surface area contributed by atoms with Crippen LogP contribution < -0.4 is 15.4 Å². The minimum atomic E-state index is -0.675. The van der Waals surface area contributed by atoms with Gasteiger partial charge in [0.15, 0.2) is 0 Å². The van der Waals surface area contributed by atoms with E-state index in [1.807, 2.05) is 13.8 Å². The van der Waals surface area contributed by atoms with E-state index >= 15 is 0 Å². The van der Waals surface area contributed by atoms with Crippen molar-refractivity contribution in [3.63, 3.8) is 0 Å². The molecule has 0 saturated heterocycles. The van der Waals surface area contributed by atoms with Crippen LogP contribution in [0.4, 0.5) is 4.79 Å². The van der Waals surface area contributed by atoms with E-state index in [2.05, 4.69) is 10.6 Å². The summed E-state index contributed by atoms with van der Waals surface area (Å²) in [5.74, 6) is -0.0226. The number of hydrogen-bond acceptors (Lipinski definition) is 5. The summed E-state index contributed by atoms with van der Waals surface area (Å²) >= 11 is 6.18. The van der Waals surface area contributed by atoms with E-state index in [1.54, 1.807) is 25.1 Å². The highest BCUT2D eigenvalue weighted by Gasteiger charge is 2.32. The molecule has 142 valence electrons. The predicted molar refractivity (Wildman–Crippen MR) is 97.2 cm³/mol. The third kappa shape index (κ3) is 4.89. The van der Waals surface area contributed by atoms with Crippen molar-refractivity contribution in [1.82, 2.24) is 10.6 Å². The zero-order chi connectivity index (χ0) is 19.3. The van der Waals surface area contributed by atoms with Crippen LogP contribution >= 0.6 is 11.6 Å². The molecule has 1 aliphatic rings. The van der Waals surface area contributed by atoms with Gasteiger partial charge in [-0.3, -0.25) is 0 Å². The van der Waals surface area contributed by atoms with Crippen LogP contribution in [-0.4, -0.2) is 38.4 Å². The number of ether oxygens (including phenoxy) is 3. The number of urea groups is 1. The molecule has 7 nitrogen and oxygen atoms in total. The lowest BCUT2D eigenvalue weighted by Crippen LogP contribution is -2.45. The van der Waals surface area contributed by atoms with E-state index in [-0.39, 0.29) is 12.7 Å². The van der Waals surface area contributed by atoms with Crippen molar-refractivity contribution in [3.8, 4) is 5.75 Å². The molecule has 0 spiro atoms. The quantitative estimate of drug-likeness (QED) is 0.559. The first-order valence-corrected chi connectivity index (χ1v) is 8.61. The molecule has 1 heterocycles. The Morgan fingerprint density at radius 1 is 1.31 bits per heavy atom. The molecular weight excluding hydrogens is 360 g/mol. The Labute approximate surface area is 157 Å². The number of rotatable bonds is 7. The van der Waals surface area contributed by atoms with Crippen LogP contribution in [0.2, 0.25) is 5.02 Å².